The number of nitrogens with two attached hydrogens (primary N) is 1. The van der Waals surface area contributed by atoms with Gasteiger partial charge in [-0.1, -0.05) is 24.0 Å². The van der Waals surface area contributed by atoms with E-state index in [4.69, 9.17) is 10.5 Å². The molecule has 0 spiro atoms. The van der Waals surface area contributed by atoms with E-state index in [0.717, 1.165) is 16.9 Å². The molecule has 3 nitrogen and oxygen atoms in total. The van der Waals surface area contributed by atoms with E-state index < -0.39 is 0 Å². The Bertz CT molecular complexity index is 582. The number of para-hydroxylation sites is 1. The standard InChI is InChI=1S/C14H12N2O/c1-17-13-7-3-2-5-11(13)8-9-12-6-4-10-16-14(12)15/h2-7,10H,1H3,(H2,15,16). The predicted molar refractivity (Wildman–Crippen MR) is 67.6 cm³/mol. The molecule has 2 rings (SSSR count). The molecular weight excluding hydrogens is 212 g/mol. The molecule has 1 aromatic carbocycles. The average molecular weight is 224 g/mol. The molecule has 2 N–H and O–H groups in total. The molecule has 3 heteroatoms. The third kappa shape index (κ3) is 2.56. The summed E-state index contributed by atoms with van der Waals surface area (Å²) in [6.07, 6.45) is 1.64. The molecule has 0 fully saturated rings. The summed E-state index contributed by atoms with van der Waals surface area (Å²) in [7, 11) is 1.62. The molecule has 0 bridgehead atoms. The van der Waals surface area contributed by atoms with E-state index in [2.05, 4.69) is 16.8 Å². The lowest BCUT2D eigenvalue weighted by atomic mass is 10.2. The topological polar surface area (TPSA) is 48.1 Å². The highest BCUT2D eigenvalue weighted by atomic mass is 16.5. The summed E-state index contributed by atoms with van der Waals surface area (Å²) in [5.74, 6) is 7.20. The Labute approximate surface area is 100 Å². The first-order valence-electron chi connectivity index (χ1n) is 5.17. The van der Waals surface area contributed by atoms with Gasteiger partial charge in [-0.15, -0.1) is 0 Å². The van der Waals surface area contributed by atoms with Crippen molar-refractivity contribution in [1.82, 2.24) is 4.98 Å². The number of nitrogens with zero attached hydrogens (tertiary/aromatic N) is 1. The summed E-state index contributed by atoms with van der Waals surface area (Å²) in [5, 5.41) is 0. The third-order valence-electron chi connectivity index (χ3n) is 2.28. The van der Waals surface area contributed by atoms with Crippen molar-refractivity contribution in [1.29, 1.82) is 0 Å². The highest BCUT2D eigenvalue weighted by Crippen LogP contribution is 2.16. The van der Waals surface area contributed by atoms with Gasteiger partial charge in [-0.3, -0.25) is 0 Å². The lowest BCUT2D eigenvalue weighted by Gasteiger charge is -2.01. The number of rotatable bonds is 1. The normalized spacial score (nSPS) is 9.24. The molecule has 0 saturated carbocycles. The van der Waals surface area contributed by atoms with E-state index >= 15 is 0 Å². The Morgan fingerprint density at radius 1 is 1.06 bits per heavy atom. The van der Waals surface area contributed by atoms with Crippen LogP contribution in [0.25, 0.3) is 0 Å². The SMILES string of the molecule is COc1ccccc1C#Cc1cccnc1N. The highest BCUT2D eigenvalue weighted by molar-refractivity contribution is 5.55. The summed E-state index contributed by atoms with van der Waals surface area (Å²) in [6.45, 7) is 0. The number of aromatic nitrogens is 1. The number of anilines is 1. The molecule has 0 radical (unpaired) electrons. The highest BCUT2D eigenvalue weighted by Gasteiger charge is 1.97. The summed E-state index contributed by atoms with van der Waals surface area (Å²) < 4.78 is 5.21. The van der Waals surface area contributed by atoms with Crippen molar-refractivity contribution in [2.24, 2.45) is 0 Å². The summed E-state index contributed by atoms with van der Waals surface area (Å²) >= 11 is 0. The van der Waals surface area contributed by atoms with Gasteiger partial charge >= 0.3 is 0 Å². The van der Waals surface area contributed by atoms with Crippen molar-refractivity contribution in [3.63, 3.8) is 0 Å². The molecule has 17 heavy (non-hydrogen) atoms. The number of pyridine rings is 1. The molecule has 0 aliphatic carbocycles. The van der Waals surface area contributed by atoms with Crippen LogP contribution in [-0.4, -0.2) is 12.1 Å². The van der Waals surface area contributed by atoms with Crippen LogP contribution in [0.15, 0.2) is 42.6 Å². The van der Waals surface area contributed by atoms with Gasteiger partial charge in [-0.25, -0.2) is 4.98 Å². The maximum atomic E-state index is 5.71. The fraction of sp³-hybridized carbons (Fsp3) is 0.0714. The Balaban J connectivity index is 2.37. The van der Waals surface area contributed by atoms with E-state index in [-0.39, 0.29) is 0 Å². The van der Waals surface area contributed by atoms with Gasteiger partial charge in [0, 0.05) is 6.20 Å². The fourth-order valence-corrected chi connectivity index (χ4v) is 1.41. The lowest BCUT2D eigenvalue weighted by Crippen LogP contribution is -1.93. The number of benzene rings is 1. The van der Waals surface area contributed by atoms with Crippen LogP contribution < -0.4 is 10.5 Å². The van der Waals surface area contributed by atoms with Gasteiger partial charge in [-0.2, -0.15) is 0 Å². The van der Waals surface area contributed by atoms with Gasteiger partial charge in [0.05, 0.1) is 18.2 Å². The molecule has 0 amide bonds. The average Bonchev–Trinajstić information content (AvgIpc) is 2.38. The smallest absolute Gasteiger partial charge is 0.139 e. The second-order valence-corrected chi connectivity index (χ2v) is 3.39. The first kappa shape index (κ1) is 11.0. The van der Waals surface area contributed by atoms with Crippen LogP contribution in [0.1, 0.15) is 11.1 Å². The van der Waals surface area contributed by atoms with Crippen LogP contribution in [0, 0.1) is 11.8 Å². The second kappa shape index (κ2) is 5.04. The van der Waals surface area contributed by atoms with Crippen molar-refractivity contribution in [2.45, 2.75) is 0 Å². The Morgan fingerprint density at radius 2 is 1.76 bits per heavy atom. The molecule has 0 unspecified atom stereocenters. The maximum Gasteiger partial charge on any atom is 0.139 e. The minimum atomic E-state index is 0.440. The van der Waals surface area contributed by atoms with Gasteiger partial charge < -0.3 is 10.5 Å². The van der Waals surface area contributed by atoms with Gasteiger partial charge in [0.1, 0.15) is 11.6 Å². The molecule has 0 saturated heterocycles. The zero-order valence-corrected chi connectivity index (χ0v) is 9.47. The van der Waals surface area contributed by atoms with Gasteiger partial charge in [0.15, 0.2) is 0 Å². The molecule has 1 heterocycles. The first-order valence-corrected chi connectivity index (χ1v) is 5.17. The van der Waals surface area contributed by atoms with Crippen LogP contribution in [0.3, 0.4) is 0 Å². The third-order valence-corrected chi connectivity index (χ3v) is 2.28. The van der Waals surface area contributed by atoms with E-state index in [1.807, 2.05) is 36.4 Å². The molecule has 2 aromatic rings. The number of ether oxygens (including phenoxy) is 1. The second-order valence-electron chi connectivity index (χ2n) is 3.39. The van der Waals surface area contributed by atoms with E-state index in [0.29, 0.717) is 5.82 Å². The Hall–Kier alpha value is -2.47. The number of hydrogen-bond donors (Lipinski definition) is 1. The van der Waals surface area contributed by atoms with Gasteiger partial charge in [-0.05, 0) is 24.3 Å². The summed E-state index contributed by atoms with van der Waals surface area (Å²) in [4.78, 5) is 3.98. The molecule has 1 aromatic heterocycles. The summed E-state index contributed by atoms with van der Waals surface area (Å²) in [5.41, 5.74) is 7.26. The lowest BCUT2D eigenvalue weighted by molar-refractivity contribution is 0.413. The van der Waals surface area contributed by atoms with Crippen LogP contribution in [-0.2, 0) is 0 Å². The van der Waals surface area contributed by atoms with E-state index in [1.165, 1.54) is 0 Å². The molecule has 84 valence electrons. The molecule has 0 aliphatic rings. The maximum absolute atomic E-state index is 5.71. The quantitative estimate of drug-likeness (QED) is 0.754. The monoisotopic (exact) mass is 224 g/mol. The minimum absolute atomic E-state index is 0.440. The predicted octanol–water partition coefficient (Wildman–Crippen LogP) is 2.07. The minimum Gasteiger partial charge on any atom is -0.495 e. The Kier molecular flexibility index (Phi) is 3.27. The number of nitrogen functional groups attached to an aromatic ring is 1. The van der Waals surface area contributed by atoms with Gasteiger partial charge in [0.25, 0.3) is 0 Å². The van der Waals surface area contributed by atoms with E-state index in [1.54, 1.807) is 13.3 Å². The van der Waals surface area contributed by atoms with Crippen LogP contribution in [0.4, 0.5) is 5.82 Å². The van der Waals surface area contributed by atoms with Crippen LogP contribution >= 0.6 is 0 Å². The van der Waals surface area contributed by atoms with Crippen molar-refractivity contribution in [2.75, 3.05) is 12.8 Å². The molecule has 0 atom stereocenters. The molecular formula is C14H12N2O. The van der Waals surface area contributed by atoms with Crippen molar-refractivity contribution >= 4 is 5.82 Å². The largest absolute Gasteiger partial charge is 0.495 e. The zero-order valence-electron chi connectivity index (χ0n) is 9.47. The number of hydrogen-bond acceptors (Lipinski definition) is 3. The van der Waals surface area contributed by atoms with Crippen molar-refractivity contribution in [3.05, 3.63) is 53.7 Å². The summed E-state index contributed by atoms with van der Waals surface area (Å²) in [6, 6.07) is 11.2. The van der Waals surface area contributed by atoms with E-state index in [9.17, 15) is 0 Å². The Morgan fingerprint density at radius 3 is 2.53 bits per heavy atom. The fourth-order valence-electron chi connectivity index (χ4n) is 1.41. The number of methoxy groups -OCH3 is 1. The van der Waals surface area contributed by atoms with Crippen LogP contribution in [0.5, 0.6) is 5.75 Å². The van der Waals surface area contributed by atoms with Crippen LogP contribution in [0.2, 0.25) is 0 Å². The zero-order chi connectivity index (χ0) is 12.1. The van der Waals surface area contributed by atoms with Gasteiger partial charge in [0.2, 0.25) is 0 Å². The van der Waals surface area contributed by atoms with Crippen molar-refractivity contribution < 1.29 is 4.74 Å². The first-order chi connectivity index (χ1) is 8.31. The van der Waals surface area contributed by atoms with Crippen molar-refractivity contribution in [3.8, 4) is 17.6 Å². The molecule has 0 aliphatic heterocycles.